The summed E-state index contributed by atoms with van der Waals surface area (Å²) in [6.07, 6.45) is 0. The number of hydrogen-bond acceptors (Lipinski definition) is 4. The molecule has 0 atom stereocenters. The second-order valence-corrected chi connectivity index (χ2v) is 5.57. The number of rotatable bonds is 2. The summed E-state index contributed by atoms with van der Waals surface area (Å²) in [5, 5.41) is 0.680. The van der Waals surface area contributed by atoms with Crippen LogP contribution in [0.15, 0.2) is 28.7 Å². The Hall–Kier alpha value is -1.98. The van der Waals surface area contributed by atoms with Crippen LogP contribution < -0.4 is 9.64 Å². The molecule has 0 aliphatic carbocycles. The summed E-state index contributed by atoms with van der Waals surface area (Å²) < 4.78 is 10.8. The van der Waals surface area contributed by atoms with E-state index in [2.05, 4.69) is 0 Å². The lowest BCUT2D eigenvalue weighted by molar-refractivity contribution is 0.0938. The number of carbonyl (C=O) groups is 2. The molecule has 0 bridgehead atoms. The van der Waals surface area contributed by atoms with E-state index < -0.39 is 0 Å². The summed E-state index contributed by atoms with van der Waals surface area (Å²) >= 11 is 12.0. The fourth-order valence-corrected chi connectivity index (χ4v) is 2.51. The molecule has 0 saturated carbocycles. The van der Waals surface area contributed by atoms with E-state index in [4.69, 9.17) is 32.4 Å². The van der Waals surface area contributed by atoms with Crippen molar-refractivity contribution in [2.24, 2.45) is 0 Å². The van der Waals surface area contributed by atoms with Gasteiger partial charge in [-0.1, -0.05) is 23.2 Å². The molecule has 0 radical (unpaired) electrons. The van der Waals surface area contributed by atoms with Crippen molar-refractivity contribution in [3.63, 3.8) is 0 Å². The lowest BCUT2D eigenvalue weighted by atomic mass is 10.2. The maximum Gasteiger partial charge on any atom is 0.294 e. The van der Waals surface area contributed by atoms with Crippen molar-refractivity contribution in [1.82, 2.24) is 0 Å². The number of halogens is 2. The zero-order valence-electron chi connectivity index (χ0n) is 11.6. The minimum atomic E-state index is -0.365. The van der Waals surface area contributed by atoms with Crippen molar-refractivity contribution in [1.29, 1.82) is 0 Å². The van der Waals surface area contributed by atoms with Crippen LogP contribution in [0.4, 0.5) is 5.69 Å². The van der Waals surface area contributed by atoms with Crippen LogP contribution in [-0.4, -0.2) is 24.8 Å². The Bertz CT molecular complexity index is 769. The largest absolute Gasteiger partial charge is 0.489 e. The second kappa shape index (κ2) is 5.66. The zero-order chi connectivity index (χ0) is 15.9. The van der Waals surface area contributed by atoms with Crippen molar-refractivity contribution in [2.75, 3.05) is 18.1 Å². The number of hydrogen-bond donors (Lipinski definition) is 0. The Balaban J connectivity index is 1.97. The van der Waals surface area contributed by atoms with Gasteiger partial charge in [-0.05, 0) is 18.2 Å². The first-order chi connectivity index (χ1) is 10.5. The van der Waals surface area contributed by atoms with Crippen LogP contribution >= 0.6 is 23.2 Å². The minimum absolute atomic E-state index is 0.0872. The minimum Gasteiger partial charge on any atom is -0.489 e. The Kier molecular flexibility index (Phi) is 3.85. The highest BCUT2D eigenvalue weighted by molar-refractivity contribution is 6.42. The highest BCUT2D eigenvalue weighted by Crippen LogP contribution is 2.39. The first-order valence-electron chi connectivity index (χ1n) is 6.52. The fraction of sp³-hybridized carbons (Fsp3) is 0.200. The van der Waals surface area contributed by atoms with Gasteiger partial charge in [0.1, 0.15) is 12.4 Å². The van der Waals surface area contributed by atoms with Crippen LogP contribution in [0.3, 0.4) is 0 Å². The quantitative estimate of drug-likeness (QED) is 0.780. The van der Waals surface area contributed by atoms with Gasteiger partial charge in [0.2, 0.25) is 0 Å². The topological polar surface area (TPSA) is 59.8 Å². The number of carbonyl (C=O) groups excluding carboxylic acids is 2. The smallest absolute Gasteiger partial charge is 0.294 e. The van der Waals surface area contributed by atoms with Gasteiger partial charge in [0.15, 0.2) is 17.3 Å². The Labute approximate surface area is 136 Å². The van der Waals surface area contributed by atoms with E-state index in [0.717, 1.165) is 0 Å². The number of benzene rings is 1. The molecular weight excluding hydrogens is 329 g/mol. The molecule has 0 fully saturated rings. The molecular formula is C15H11Cl2NO4. The lowest BCUT2D eigenvalue weighted by Crippen LogP contribution is -2.37. The molecule has 1 aromatic carbocycles. The molecule has 3 rings (SSSR count). The van der Waals surface area contributed by atoms with Gasteiger partial charge in [0, 0.05) is 13.0 Å². The fourth-order valence-electron chi connectivity index (χ4n) is 2.20. The number of ketones is 1. The maximum atomic E-state index is 12.6. The number of furan rings is 1. The van der Waals surface area contributed by atoms with E-state index in [-0.39, 0.29) is 23.2 Å². The summed E-state index contributed by atoms with van der Waals surface area (Å²) in [5.74, 6) is 0.106. The average Bonchev–Trinajstić information content (AvgIpc) is 2.97. The van der Waals surface area contributed by atoms with Gasteiger partial charge in [-0.15, -0.1) is 0 Å². The van der Waals surface area contributed by atoms with Gasteiger partial charge < -0.3 is 9.15 Å². The highest BCUT2D eigenvalue weighted by atomic mass is 35.5. The third kappa shape index (κ3) is 2.58. The highest BCUT2D eigenvalue weighted by Gasteiger charge is 2.28. The summed E-state index contributed by atoms with van der Waals surface area (Å²) in [6, 6.07) is 6.10. The molecule has 7 heteroatoms. The van der Waals surface area contributed by atoms with Crippen LogP contribution in [0, 0.1) is 0 Å². The maximum absolute atomic E-state index is 12.6. The van der Waals surface area contributed by atoms with Gasteiger partial charge in [-0.25, -0.2) is 0 Å². The first-order valence-corrected chi connectivity index (χ1v) is 7.27. The van der Waals surface area contributed by atoms with E-state index in [1.54, 1.807) is 12.1 Å². The normalized spacial score (nSPS) is 13.5. The molecule has 0 unspecified atom stereocenters. The molecule has 2 aromatic rings. The number of nitrogens with zero attached hydrogens (tertiary/aromatic N) is 1. The number of amides is 1. The number of Topliss-reactive ketones (excluding diaryl/α,β-unsaturated/α-hetero) is 1. The van der Waals surface area contributed by atoms with Crippen molar-refractivity contribution in [3.8, 4) is 5.75 Å². The molecule has 22 heavy (non-hydrogen) atoms. The lowest BCUT2D eigenvalue weighted by Gasteiger charge is -2.29. The molecule has 1 aliphatic rings. The van der Waals surface area contributed by atoms with E-state index >= 15 is 0 Å². The monoisotopic (exact) mass is 339 g/mol. The summed E-state index contributed by atoms with van der Waals surface area (Å²) in [5.41, 5.74) is 0.520. The van der Waals surface area contributed by atoms with Crippen molar-refractivity contribution < 1.29 is 18.7 Å². The Morgan fingerprint density at radius 2 is 1.82 bits per heavy atom. The van der Waals surface area contributed by atoms with E-state index in [0.29, 0.717) is 34.6 Å². The van der Waals surface area contributed by atoms with Gasteiger partial charge in [0.25, 0.3) is 5.91 Å². The number of anilines is 1. The average molecular weight is 340 g/mol. The third-order valence-corrected chi connectivity index (χ3v) is 4.00. The zero-order valence-corrected chi connectivity index (χ0v) is 13.1. The molecule has 5 nitrogen and oxygen atoms in total. The van der Waals surface area contributed by atoms with Gasteiger partial charge in [0.05, 0.1) is 22.3 Å². The predicted molar refractivity (Wildman–Crippen MR) is 82.3 cm³/mol. The van der Waals surface area contributed by atoms with Crippen molar-refractivity contribution in [2.45, 2.75) is 6.92 Å². The first kappa shape index (κ1) is 14.9. The van der Waals surface area contributed by atoms with Crippen molar-refractivity contribution in [3.05, 3.63) is 45.8 Å². The molecule has 0 saturated heterocycles. The van der Waals surface area contributed by atoms with Crippen LogP contribution in [-0.2, 0) is 0 Å². The summed E-state index contributed by atoms with van der Waals surface area (Å²) in [6.45, 7) is 2.05. The SMILES string of the molecule is CC(=O)c1ccc(C(=O)N2CCOc3cc(Cl)c(Cl)cc32)o1. The van der Waals surface area contributed by atoms with E-state index in [9.17, 15) is 9.59 Å². The summed E-state index contributed by atoms with van der Waals surface area (Å²) in [7, 11) is 0. The van der Waals surface area contributed by atoms with E-state index in [1.807, 2.05) is 0 Å². The molecule has 0 N–H and O–H groups in total. The molecule has 0 spiro atoms. The number of ether oxygens (including phenoxy) is 1. The number of fused-ring (bicyclic) bond motifs is 1. The molecule has 1 aromatic heterocycles. The molecule has 1 amide bonds. The molecule has 1 aliphatic heterocycles. The summed E-state index contributed by atoms with van der Waals surface area (Å²) in [4.78, 5) is 25.3. The van der Waals surface area contributed by atoms with Gasteiger partial charge >= 0.3 is 0 Å². The van der Waals surface area contributed by atoms with Crippen molar-refractivity contribution >= 4 is 40.6 Å². The predicted octanol–water partition coefficient (Wildman–Crippen LogP) is 3.83. The third-order valence-electron chi connectivity index (χ3n) is 3.27. The van der Waals surface area contributed by atoms with Crippen LogP contribution in [0.2, 0.25) is 10.0 Å². The Morgan fingerprint density at radius 1 is 1.14 bits per heavy atom. The second-order valence-electron chi connectivity index (χ2n) is 4.76. The van der Waals surface area contributed by atoms with Crippen LogP contribution in [0.5, 0.6) is 5.75 Å². The van der Waals surface area contributed by atoms with Crippen LogP contribution in [0.25, 0.3) is 0 Å². The van der Waals surface area contributed by atoms with E-state index in [1.165, 1.54) is 24.0 Å². The van der Waals surface area contributed by atoms with Gasteiger partial charge in [-0.3, -0.25) is 14.5 Å². The van der Waals surface area contributed by atoms with Gasteiger partial charge in [-0.2, -0.15) is 0 Å². The Morgan fingerprint density at radius 3 is 2.50 bits per heavy atom. The standard InChI is InChI=1S/C15H11Cl2NO4/c1-8(19)12-2-3-13(22-12)15(20)18-4-5-21-14-7-10(17)9(16)6-11(14)18/h2-3,6-7H,4-5H2,1H3. The molecule has 114 valence electrons. The van der Waals surface area contributed by atoms with Crippen LogP contribution in [0.1, 0.15) is 28.0 Å². The molecule has 2 heterocycles.